The Morgan fingerprint density at radius 1 is 1.07 bits per heavy atom. The van der Waals surface area contributed by atoms with Crippen LogP contribution in [0.5, 0.6) is 0 Å². The van der Waals surface area contributed by atoms with Crippen molar-refractivity contribution in [1.29, 1.82) is 0 Å². The molecule has 2 N–H and O–H groups in total. The highest BCUT2D eigenvalue weighted by Gasteiger charge is 2.18. The fourth-order valence-corrected chi connectivity index (χ4v) is 3.46. The maximum Gasteiger partial charge on any atom is 0.251 e. The van der Waals surface area contributed by atoms with Crippen molar-refractivity contribution in [2.75, 3.05) is 0 Å². The first kappa shape index (κ1) is 19.9. The largest absolute Gasteiger partial charge is 0.354 e. The van der Waals surface area contributed by atoms with Crippen molar-refractivity contribution in [3.8, 4) is 11.5 Å². The van der Waals surface area contributed by atoms with Crippen molar-refractivity contribution in [1.82, 2.24) is 10.3 Å². The number of hydrogen-bond acceptors (Lipinski definition) is 2. The van der Waals surface area contributed by atoms with E-state index in [0.717, 1.165) is 5.52 Å². The first-order chi connectivity index (χ1) is 12.9. The van der Waals surface area contributed by atoms with Gasteiger partial charge in [-0.2, -0.15) is 0 Å². The van der Waals surface area contributed by atoms with Crippen LogP contribution in [0.15, 0.2) is 41.2 Å². The Balaban J connectivity index is 2.34. The molecule has 0 aliphatic rings. The first-order valence-electron chi connectivity index (χ1n) is 9.39. The van der Waals surface area contributed by atoms with E-state index in [2.05, 4.69) is 41.4 Å². The van der Waals surface area contributed by atoms with Crippen LogP contribution in [0, 0.1) is 11.5 Å². The lowest BCUT2D eigenvalue weighted by Gasteiger charge is -2.20. The third-order valence-corrected chi connectivity index (χ3v) is 5.00. The van der Waals surface area contributed by atoms with E-state index in [1.807, 2.05) is 45.0 Å². The highest BCUT2D eigenvalue weighted by Crippen LogP contribution is 2.21. The van der Waals surface area contributed by atoms with Crippen LogP contribution >= 0.6 is 0 Å². The van der Waals surface area contributed by atoms with Crippen molar-refractivity contribution in [3.05, 3.63) is 57.7 Å². The number of para-hydroxylation sites is 1. The summed E-state index contributed by atoms with van der Waals surface area (Å²) in [6.45, 7) is 12.3. The number of H-pyrrole nitrogens is 1. The number of rotatable bonds is 1. The van der Waals surface area contributed by atoms with Gasteiger partial charge in [0.2, 0.25) is 0 Å². The highest BCUT2D eigenvalue weighted by molar-refractivity contribution is 6.83. The van der Waals surface area contributed by atoms with Crippen LogP contribution in [-0.2, 0) is 0 Å². The molecule has 3 aromatic rings. The topological polar surface area (TPSA) is 62.0 Å². The Bertz CT molecular complexity index is 1200. The summed E-state index contributed by atoms with van der Waals surface area (Å²) in [5.74, 6) is 3.02. The van der Waals surface area contributed by atoms with Gasteiger partial charge in [0.25, 0.3) is 5.91 Å². The van der Waals surface area contributed by atoms with Crippen LogP contribution in [0.1, 0.15) is 36.7 Å². The lowest BCUT2D eigenvalue weighted by Crippen LogP contribution is -2.40. The van der Waals surface area contributed by atoms with Crippen molar-refractivity contribution in [2.45, 2.75) is 46.0 Å². The average Bonchev–Trinajstić information content (AvgIpc) is 2.57. The second-order valence-corrected chi connectivity index (χ2v) is 13.9. The fraction of sp³-hybridized carbons (Fsp3) is 0.304. The summed E-state index contributed by atoms with van der Waals surface area (Å²) in [5.41, 5.74) is 5.38. The molecule has 144 valence electrons. The van der Waals surface area contributed by atoms with E-state index in [-0.39, 0.29) is 16.9 Å². The Morgan fingerprint density at radius 3 is 2.39 bits per heavy atom. The SMILES string of the molecule is CC(C)(C)NC(=O)c1cc(C#C[Si](C)(C)C)c2c(=O)c3ccccc3[nH]c2c1. The zero-order valence-corrected chi connectivity index (χ0v) is 18.3. The Morgan fingerprint density at radius 2 is 1.75 bits per heavy atom. The lowest BCUT2D eigenvalue weighted by atomic mass is 10.0. The maximum absolute atomic E-state index is 13.2. The van der Waals surface area contributed by atoms with Gasteiger partial charge >= 0.3 is 0 Å². The molecule has 0 saturated carbocycles. The van der Waals surface area contributed by atoms with Gasteiger partial charge in [-0.15, -0.1) is 5.54 Å². The molecule has 0 aliphatic carbocycles. The normalized spacial score (nSPS) is 11.9. The molecular weight excluding hydrogens is 364 g/mol. The summed E-state index contributed by atoms with van der Waals surface area (Å²) < 4.78 is 0. The molecule has 28 heavy (non-hydrogen) atoms. The number of benzene rings is 2. The van der Waals surface area contributed by atoms with Crippen molar-refractivity contribution >= 4 is 35.8 Å². The van der Waals surface area contributed by atoms with Gasteiger partial charge in [0.1, 0.15) is 8.07 Å². The monoisotopic (exact) mass is 390 g/mol. The fourth-order valence-electron chi connectivity index (χ4n) is 2.95. The zero-order chi connectivity index (χ0) is 20.7. The number of fused-ring (bicyclic) bond motifs is 2. The Hall–Kier alpha value is -2.84. The molecule has 0 atom stereocenters. The van der Waals surface area contributed by atoms with Gasteiger partial charge in [-0.3, -0.25) is 9.59 Å². The molecule has 0 fully saturated rings. The van der Waals surface area contributed by atoms with Crippen LogP contribution in [0.3, 0.4) is 0 Å². The summed E-state index contributed by atoms with van der Waals surface area (Å²) in [6.07, 6.45) is 0. The third-order valence-electron chi connectivity index (χ3n) is 4.13. The number of hydrogen-bond donors (Lipinski definition) is 2. The molecule has 0 unspecified atom stereocenters. The van der Waals surface area contributed by atoms with Gasteiger partial charge in [0.05, 0.1) is 10.9 Å². The number of nitrogens with one attached hydrogen (secondary N) is 2. The van der Waals surface area contributed by atoms with Crippen LogP contribution in [-0.4, -0.2) is 24.5 Å². The number of carbonyl (C=O) groups is 1. The quantitative estimate of drug-likeness (QED) is 0.367. The highest BCUT2D eigenvalue weighted by atomic mass is 28.3. The second kappa shape index (κ2) is 6.96. The summed E-state index contributed by atoms with van der Waals surface area (Å²) in [5, 5.41) is 4.14. The summed E-state index contributed by atoms with van der Waals surface area (Å²) >= 11 is 0. The third kappa shape index (κ3) is 4.34. The summed E-state index contributed by atoms with van der Waals surface area (Å²) in [7, 11) is -1.66. The van der Waals surface area contributed by atoms with Gasteiger partial charge in [0, 0.05) is 27.6 Å². The molecule has 1 aromatic heterocycles. The van der Waals surface area contributed by atoms with Gasteiger partial charge in [-0.1, -0.05) is 37.7 Å². The number of aromatic nitrogens is 1. The molecule has 0 spiro atoms. The molecule has 0 aliphatic heterocycles. The molecular formula is C23H26N2O2Si. The molecule has 3 rings (SSSR count). The van der Waals surface area contributed by atoms with E-state index in [9.17, 15) is 9.59 Å². The number of pyridine rings is 1. The van der Waals surface area contributed by atoms with Crippen LogP contribution in [0.4, 0.5) is 0 Å². The minimum atomic E-state index is -1.66. The minimum absolute atomic E-state index is 0.0630. The van der Waals surface area contributed by atoms with Crippen LogP contribution in [0.2, 0.25) is 19.6 Å². The molecule has 1 amide bonds. The average molecular weight is 391 g/mol. The smallest absolute Gasteiger partial charge is 0.251 e. The Labute approximate surface area is 166 Å². The number of aromatic amines is 1. The molecule has 5 heteroatoms. The van der Waals surface area contributed by atoms with Gasteiger partial charge in [0.15, 0.2) is 5.43 Å². The second-order valence-electron chi connectivity index (χ2n) is 9.15. The van der Waals surface area contributed by atoms with Gasteiger partial charge < -0.3 is 10.3 Å². The Kier molecular flexibility index (Phi) is 4.94. The molecule has 0 radical (unpaired) electrons. The van der Waals surface area contributed by atoms with Crippen LogP contribution in [0.25, 0.3) is 21.8 Å². The van der Waals surface area contributed by atoms with Crippen LogP contribution < -0.4 is 10.7 Å². The van der Waals surface area contributed by atoms with Crippen molar-refractivity contribution in [3.63, 3.8) is 0 Å². The molecule has 0 bridgehead atoms. The van der Waals surface area contributed by atoms with Gasteiger partial charge in [-0.25, -0.2) is 0 Å². The molecule has 0 saturated heterocycles. The predicted molar refractivity (Wildman–Crippen MR) is 120 cm³/mol. The van der Waals surface area contributed by atoms with E-state index in [1.54, 1.807) is 12.1 Å². The van der Waals surface area contributed by atoms with E-state index in [4.69, 9.17) is 0 Å². The first-order valence-corrected chi connectivity index (χ1v) is 12.9. The minimum Gasteiger partial charge on any atom is -0.354 e. The zero-order valence-electron chi connectivity index (χ0n) is 17.3. The van der Waals surface area contributed by atoms with Crippen molar-refractivity contribution < 1.29 is 4.79 Å². The molecule has 1 heterocycles. The number of carbonyl (C=O) groups excluding carboxylic acids is 1. The van der Waals surface area contributed by atoms with Crippen molar-refractivity contribution in [2.24, 2.45) is 0 Å². The van der Waals surface area contributed by atoms with E-state index >= 15 is 0 Å². The van der Waals surface area contributed by atoms with E-state index in [0.29, 0.717) is 27.4 Å². The van der Waals surface area contributed by atoms with E-state index < -0.39 is 8.07 Å². The molecule has 2 aromatic carbocycles. The number of amides is 1. The molecule has 4 nitrogen and oxygen atoms in total. The summed E-state index contributed by atoms with van der Waals surface area (Å²) in [6, 6.07) is 10.9. The predicted octanol–water partition coefficient (Wildman–Crippen LogP) is 4.44. The standard InChI is InChI=1S/C23H26N2O2Si/c1-23(2,3)25-22(27)16-13-15(11-12-28(4,5)6)20-19(14-16)24-18-10-8-7-9-17(18)21(20)26/h7-10,13-14H,1-6H3,(H,24,26)(H,25,27). The van der Waals surface area contributed by atoms with E-state index in [1.165, 1.54) is 0 Å². The van der Waals surface area contributed by atoms with Gasteiger partial charge in [-0.05, 0) is 45.0 Å². The lowest BCUT2D eigenvalue weighted by molar-refractivity contribution is 0.0919. The summed E-state index contributed by atoms with van der Waals surface area (Å²) in [4.78, 5) is 29.2. The maximum atomic E-state index is 13.2.